The van der Waals surface area contributed by atoms with Crippen LogP contribution in [0.15, 0.2) is 39.9 Å². The fourth-order valence-corrected chi connectivity index (χ4v) is 1.87. The van der Waals surface area contributed by atoms with Gasteiger partial charge in [0.1, 0.15) is 5.82 Å². The summed E-state index contributed by atoms with van der Waals surface area (Å²) in [5, 5.41) is 2.35. The van der Waals surface area contributed by atoms with Crippen LogP contribution in [0.25, 0.3) is 0 Å². The number of nitrogen functional groups attached to an aromatic ring is 1. The van der Waals surface area contributed by atoms with Gasteiger partial charge in [-0.3, -0.25) is 18.7 Å². The first-order valence-electron chi connectivity index (χ1n) is 6.89. The van der Waals surface area contributed by atoms with Gasteiger partial charge in [0.05, 0.1) is 5.56 Å². The second-order valence-electron chi connectivity index (χ2n) is 5.01. The van der Waals surface area contributed by atoms with Crippen LogP contribution >= 0.6 is 0 Å². The summed E-state index contributed by atoms with van der Waals surface area (Å²) in [6.07, 6.45) is 0. The molecule has 2 aromatic rings. The Morgan fingerprint density at radius 1 is 1.12 bits per heavy atom. The van der Waals surface area contributed by atoms with Crippen LogP contribution in [-0.2, 0) is 23.6 Å². The highest BCUT2D eigenvalue weighted by atomic mass is 16.5. The molecule has 0 fully saturated rings. The van der Waals surface area contributed by atoms with Crippen molar-refractivity contribution < 1.29 is 14.3 Å². The van der Waals surface area contributed by atoms with E-state index in [2.05, 4.69) is 5.32 Å². The van der Waals surface area contributed by atoms with Gasteiger partial charge in [-0.15, -0.1) is 0 Å². The molecule has 24 heavy (non-hydrogen) atoms. The van der Waals surface area contributed by atoms with Gasteiger partial charge in [-0.25, -0.2) is 9.59 Å². The molecule has 0 radical (unpaired) electrons. The lowest BCUT2D eigenvalue weighted by Crippen LogP contribution is -2.38. The monoisotopic (exact) mass is 332 g/mol. The summed E-state index contributed by atoms with van der Waals surface area (Å²) in [7, 11) is 2.72. The molecule has 1 heterocycles. The van der Waals surface area contributed by atoms with Gasteiger partial charge in [0.2, 0.25) is 0 Å². The quantitative estimate of drug-likeness (QED) is 0.572. The maximum Gasteiger partial charge on any atom is 0.338 e. The summed E-state index contributed by atoms with van der Waals surface area (Å²) in [4.78, 5) is 46.9. The van der Waals surface area contributed by atoms with Crippen LogP contribution < -0.4 is 22.3 Å². The van der Waals surface area contributed by atoms with Crippen molar-refractivity contribution in [3.63, 3.8) is 0 Å². The maximum atomic E-state index is 11.8. The second-order valence-corrected chi connectivity index (χ2v) is 5.01. The smallest absolute Gasteiger partial charge is 0.338 e. The number of esters is 1. The molecule has 1 amide bonds. The van der Waals surface area contributed by atoms with Gasteiger partial charge in [-0.2, -0.15) is 0 Å². The Labute approximate surface area is 136 Å². The number of carbonyl (C=O) groups is 2. The molecule has 1 aromatic carbocycles. The van der Waals surface area contributed by atoms with E-state index in [1.807, 2.05) is 0 Å². The van der Waals surface area contributed by atoms with Gasteiger partial charge in [0.15, 0.2) is 6.61 Å². The number of hydrogen-bond donors (Lipinski definition) is 2. The van der Waals surface area contributed by atoms with Gasteiger partial charge >= 0.3 is 11.7 Å². The Bertz CT molecular complexity index is 896. The molecule has 126 valence electrons. The van der Waals surface area contributed by atoms with Crippen molar-refractivity contribution in [1.82, 2.24) is 9.13 Å². The number of nitrogens with two attached hydrogens (primary N) is 1. The van der Waals surface area contributed by atoms with Gasteiger partial charge in [0.25, 0.3) is 11.5 Å². The Morgan fingerprint density at radius 2 is 1.75 bits per heavy atom. The van der Waals surface area contributed by atoms with Crippen LogP contribution in [0.4, 0.5) is 11.5 Å². The normalized spacial score (nSPS) is 10.2. The number of anilines is 2. The first-order valence-corrected chi connectivity index (χ1v) is 6.89. The van der Waals surface area contributed by atoms with Gasteiger partial charge in [-0.1, -0.05) is 0 Å². The molecule has 0 aliphatic carbocycles. The molecule has 1 aromatic heterocycles. The van der Waals surface area contributed by atoms with Crippen molar-refractivity contribution in [3.05, 3.63) is 56.7 Å². The highest BCUT2D eigenvalue weighted by Gasteiger charge is 2.12. The molecule has 0 saturated heterocycles. The van der Waals surface area contributed by atoms with Crippen molar-refractivity contribution in [3.8, 4) is 0 Å². The molecule has 0 aliphatic rings. The number of aromatic nitrogens is 2. The number of hydrogen-bond acceptors (Lipinski definition) is 6. The van der Waals surface area contributed by atoms with E-state index in [-0.39, 0.29) is 11.4 Å². The summed E-state index contributed by atoms with van der Waals surface area (Å²) in [5.41, 5.74) is 5.11. The molecule has 0 bridgehead atoms. The van der Waals surface area contributed by atoms with Gasteiger partial charge in [0, 0.05) is 25.8 Å². The summed E-state index contributed by atoms with van der Waals surface area (Å²) >= 11 is 0. The largest absolute Gasteiger partial charge is 0.452 e. The molecule has 0 saturated carbocycles. The summed E-state index contributed by atoms with van der Waals surface area (Å²) < 4.78 is 6.86. The van der Waals surface area contributed by atoms with Crippen molar-refractivity contribution >= 4 is 23.4 Å². The molecule has 9 nitrogen and oxygen atoms in total. The van der Waals surface area contributed by atoms with Crippen LogP contribution in [0.5, 0.6) is 0 Å². The highest BCUT2D eigenvalue weighted by molar-refractivity contribution is 5.95. The van der Waals surface area contributed by atoms with E-state index in [0.29, 0.717) is 5.69 Å². The molecular formula is C15H16N4O5. The van der Waals surface area contributed by atoms with Crippen LogP contribution in [-0.4, -0.2) is 27.6 Å². The first kappa shape index (κ1) is 17.0. The molecule has 9 heteroatoms. The van der Waals surface area contributed by atoms with Crippen molar-refractivity contribution in [2.75, 3.05) is 17.7 Å². The number of carbonyl (C=O) groups excluding carboxylic acids is 2. The highest BCUT2D eigenvalue weighted by Crippen LogP contribution is 2.07. The third-order valence-corrected chi connectivity index (χ3v) is 3.27. The standard InChI is InChI=1S/C15H16N4O5/c1-18-11(7-13(21)19(2)15(18)23)17-12(20)8-24-14(22)9-3-5-10(16)6-4-9/h3-7H,8,16H2,1-2H3,(H,17,20). The Balaban J connectivity index is 2.02. The van der Waals surface area contributed by atoms with Crippen molar-refractivity contribution in [2.45, 2.75) is 0 Å². The van der Waals surface area contributed by atoms with Crippen molar-refractivity contribution in [2.24, 2.45) is 14.1 Å². The second kappa shape index (κ2) is 6.82. The third-order valence-electron chi connectivity index (χ3n) is 3.27. The molecule has 0 spiro atoms. The fraction of sp³-hybridized carbons (Fsp3) is 0.200. The minimum Gasteiger partial charge on any atom is -0.452 e. The number of nitrogens with zero attached hydrogens (tertiary/aromatic N) is 2. The fourth-order valence-electron chi connectivity index (χ4n) is 1.87. The lowest BCUT2D eigenvalue weighted by molar-refractivity contribution is -0.119. The maximum absolute atomic E-state index is 11.8. The van der Waals surface area contributed by atoms with E-state index in [0.717, 1.165) is 15.2 Å². The van der Waals surface area contributed by atoms with Gasteiger partial charge in [-0.05, 0) is 24.3 Å². The number of nitrogens with one attached hydrogen (secondary N) is 1. The van der Waals surface area contributed by atoms with Crippen LogP contribution in [0.1, 0.15) is 10.4 Å². The molecule has 3 N–H and O–H groups in total. The lowest BCUT2D eigenvalue weighted by atomic mass is 10.2. The van der Waals surface area contributed by atoms with Crippen LogP contribution in [0.2, 0.25) is 0 Å². The zero-order chi connectivity index (χ0) is 17.9. The zero-order valence-electron chi connectivity index (χ0n) is 13.1. The van der Waals surface area contributed by atoms with Crippen LogP contribution in [0.3, 0.4) is 0 Å². The Hall–Kier alpha value is -3.36. The van der Waals surface area contributed by atoms with E-state index >= 15 is 0 Å². The molecule has 0 atom stereocenters. The SMILES string of the molecule is Cn1c(NC(=O)COC(=O)c2ccc(N)cc2)cc(=O)n(C)c1=O. The number of benzene rings is 1. The third kappa shape index (κ3) is 3.69. The van der Waals surface area contributed by atoms with Crippen molar-refractivity contribution in [1.29, 1.82) is 0 Å². The average Bonchev–Trinajstić information content (AvgIpc) is 2.56. The Morgan fingerprint density at radius 3 is 2.38 bits per heavy atom. The number of rotatable bonds is 4. The molecule has 0 aliphatic heterocycles. The minimum atomic E-state index is -0.692. The summed E-state index contributed by atoms with van der Waals surface area (Å²) in [6, 6.07) is 7.11. The molecule has 2 rings (SSSR count). The Kier molecular flexibility index (Phi) is 4.83. The first-order chi connectivity index (χ1) is 11.3. The number of amides is 1. The van der Waals surface area contributed by atoms with Gasteiger partial charge < -0.3 is 15.8 Å². The van der Waals surface area contributed by atoms with E-state index in [4.69, 9.17) is 10.5 Å². The van der Waals surface area contributed by atoms with E-state index in [9.17, 15) is 19.2 Å². The zero-order valence-corrected chi connectivity index (χ0v) is 13.1. The topological polar surface area (TPSA) is 125 Å². The van der Waals surface area contributed by atoms with E-state index < -0.39 is 29.7 Å². The lowest BCUT2D eigenvalue weighted by Gasteiger charge is -2.11. The predicted octanol–water partition coefficient (Wildman–Crippen LogP) is -0.538. The summed E-state index contributed by atoms with van der Waals surface area (Å²) in [5.74, 6) is -1.36. The molecular weight excluding hydrogens is 316 g/mol. The van der Waals surface area contributed by atoms with Crippen LogP contribution in [0, 0.1) is 0 Å². The molecule has 0 unspecified atom stereocenters. The van der Waals surface area contributed by atoms with E-state index in [1.165, 1.54) is 38.4 Å². The minimum absolute atomic E-state index is 0.0108. The summed E-state index contributed by atoms with van der Waals surface area (Å²) in [6.45, 7) is -0.563. The predicted molar refractivity (Wildman–Crippen MR) is 86.7 cm³/mol. The number of ether oxygens (including phenoxy) is 1. The average molecular weight is 332 g/mol. The van der Waals surface area contributed by atoms with E-state index in [1.54, 1.807) is 0 Å².